The molecule has 2 aromatic carbocycles. The standard InChI is InChI=1S/C18H22N2O3/c1-13-8-4-5-9-14(13)17(23-3)12-19-18(21)20-15-10-6-7-11-16(15)22-2/h4-11,17H,12H2,1-3H3,(H2,19,20,21)/t17-/m1/s1. The number of anilines is 1. The molecule has 0 heterocycles. The van der Waals surface area contributed by atoms with Gasteiger partial charge in [0.1, 0.15) is 5.75 Å². The van der Waals surface area contributed by atoms with E-state index in [0.29, 0.717) is 18.0 Å². The molecule has 2 aromatic rings. The van der Waals surface area contributed by atoms with Gasteiger partial charge < -0.3 is 20.1 Å². The largest absolute Gasteiger partial charge is 0.495 e. The molecule has 0 spiro atoms. The Bertz CT molecular complexity index is 658. The van der Waals surface area contributed by atoms with Crippen LogP contribution in [0.25, 0.3) is 0 Å². The highest BCUT2D eigenvalue weighted by Gasteiger charge is 2.14. The number of hydrogen-bond donors (Lipinski definition) is 2. The number of hydrogen-bond acceptors (Lipinski definition) is 3. The summed E-state index contributed by atoms with van der Waals surface area (Å²) >= 11 is 0. The molecule has 2 amide bonds. The predicted octanol–water partition coefficient (Wildman–Crippen LogP) is 3.51. The van der Waals surface area contributed by atoms with Gasteiger partial charge in [-0.1, -0.05) is 36.4 Å². The topological polar surface area (TPSA) is 59.6 Å². The molecule has 23 heavy (non-hydrogen) atoms. The number of amides is 2. The molecule has 0 aliphatic rings. The molecule has 5 heteroatoms. The predicted molar refractivity (Wildman–Crippen MR) is 90.9 cm³/mol. The molecule has 2 N–H and O–H groups in total. The SMILES string of the molecule is COc1ccccc1NC(=O)NC[C@@H](OC)c1ccccc1C. The van der Waals surface area contributed by atoms with Crippen LogP contribution in [0.3, 0.4) is 0 Å². The van der Waals surface area contributed by atoms with Crippen molar-refractivity contribution in [2.45, 2.75) is 13.0 Å². The van der Waals surface area contributed by atoms with Gasteiger partial charge in [0.2, 0.25) is 0 Å². The lowest BCUT2D eigenvalue weighted by atomic mass is 10.0. The third kappa shape index (κ3) is 4.47. The zero-order valence-corrected chi connectivity index (χ0v) is 13.6. The Morgan fingerprint density at radius 1 is 1.09 bits per heavy atom. The maximum absolute atomic E-state index is 12.1. The average Bonchev–Trinajstić information content (AvgIpc) is 2.57. The van der Waals surface area contributed by atoms with E-state index in [2.05, 4.69) is 10.6 Å². The molecule has 122 valence electrons. The number of aryl methyl sites for hydroxylation is 1. The van der Waals surface area contributed by atoms with E-state index in [4.69, 9.17) is 9.47 Å². The van der Waals surface area contributed by atoms with Crippen molar-refractivity contribution in [1.29, 1.82) is 0 Å². The Balaban J connectivity index is 1.96. The average molecular weight is 314 g/mol. The van der Waals surface area contributed by atoms with Gasteiger partial charge in [-0.25, -0.2) is 4.79 Å². The summed E-state index contributed by atoms with van der Waals surface area (Å²) in [5, 5.41) is 5.60. The van der Waals surface area contributed by atoms with Crippen molar-refractivity contribution in [2.75, 3.05) is 26.1 Å². The van der Waals surface area contributed by atoms with E-state index < -0.39 is 0 Å². The van der Waals surface area contributed by atoms with Crippen molar-refractivity contribution in [3.63, 3.8) is 0 Å². The van der Waals surface area contributed by atoms with Crippen LogP contribution in [0.15, 0.2) is 48.5 Å². The highest BCUT2D eigenvalue weighted by molar-refractivity contribution is 5.90. The normalized spacial score (nSPS) is 11.6. The lowest BCUT2D eigenvalue weighted by molar-refractivity contribution is 0.104. The number of methoxy groups -OCH3 is 2. The van der Waals surface area contributed by atoms with Gasteiger partial charge in [0.25, 0.3) is 0 Å². The number of ether oxygens (including phenoxy) is 2. The van der Waals surface area contributed by atoms with Crippen molar-refractivity contribution in [3.05, 3.63) is 59.7 Å². The van der Waals surface area contributed by atoms with E-state index >= 15 is 0 Å². The van der Waals surface area contributed by atoms with E-state index in [1.54, 1.807) is 26.4 Å². The lowest BCUT2D eigenvalue weighted by Crippen LogP contribution is -2.33. The van der Waals surface area contributed by atoms with Crippen molar-refractivity contribution < 1.29 is 14.3 Å². The highest BCUT2D eigenvalue weighted by Crippen LogP contribution is 2.23. The Morgan fingerprint density at radius 2 is 1.78 bits per heavy atom. The summed E-state index contributed by atoms with van der Waals surface area (Å²) in [6.45, 7) is 2.40. The number of benzene rings is 2. The van der Waals surface area contributed by atoms with Gasteiger partial charge in [-0.2, -0.15) is 0 Å². The van der Waals surface area contributed by atoms with Gasteiger partial charge in [0, 0.05) is 13.7 Å². The number of urea groups is 1. The van der Waals surface area contributed by atoms with Gasteiger partial charge >= 0.3 is 6.03 Å². The minimum Gasteiger partial charge on any atom is -0.495 e. The van der Waals surface area contributed by atoms with Crippen LogP contribution in [0.4, 0.5) is 10.5 Å². The van der Waals surface area contributed by atoms with Gasteiger partial charge in [0.15, 0.2) is 0 Å². The number of para-hydroxylation sites is 2. The molecule has 0 fully saturated rings. The van der Waals surface area contributed by atoms with E-state index in [-0.39, 0.29) is 12.1 Å². The molecule has 0 unspecified atom stereocenters. The molecule has 0 saturated heterocycles. The monoisotopic (exact) mass is 314 g/mol. The summed E-state index contributed by atoms with van der Waals surface area (Å²) in [6, 6.07) is 14.9. The second-order valence-corrected chi connectivity index (χ2v) is 5.12. The molecular formula is C18H22N2O3. The van der Waals surface area contributed by atoms with Gasteiger partial charge in [0.05, 0.1) is 18.9 Å². The van der Waals surface area contributed by atoms with Crippen LogP contribution in [0, 0.1) is 6.92 Å². The van der Waals surface area contributed by atoms with Crippen molar-refractivity contribution >= 4 is 11.7 Å². The van der Waals surface area contributed by atoms with Gasteiger partial charge in [-0.3, -0.25) is 0 Å². The maximum atomic E-state index is 12.1. The van der Waals surface area contributed by atoms with Crippen molar-refractivity contribution in [1.82, 2.24) is 5.32 Å². The molecule has 0 radical (unpaired) electrons. The Morgan fingerprint density at radius 3 is 2.48 bits per heavy atom. The number of nitrogens with one attached hydrogen (secondary N) is 2. The first-order valence-corrected chi connectivity index (χ1v) is 7.42. The zero-order valence-electron chi connectivity index (χ0n) is 13.6. The zero-order chi connectivity index (χ0) is 16.7. The highest BCUT2D eigenvalue weighted by atomic mass is 16.5. The number of carbonyl (C=O) groups excluding carboxylic acids is 1. The minimum atomic E-state index is -0.301. The number of carbonyl (C=O) groups is 1. The fourth-order valence-corrected chi connectivity index (χ4v) is 2.37. The van der Waals surface area contributed by atoms with Gasteiger partial charge in [-0.15, -0.1) is 0 Å². The van der Waals surface area contributed by atoms with Gasteiger partial charge in [-0.05, 0) is 30.2 Å². The lowest BCUT2D eigenvalue weighted by Gasteiger charge is -2.19. The molecular weight excluding hydrogens is 292 g/mol. The fourth-order valence-electron chi connectivity index (χ4n) is 2.37. The second kappa shape index (κ2) is 8.19. The molecule has 5 nitrogen and oxygen atoms in total. The fraction of sp³-hybridized carbons (Fsp3) is 0.278. The smallest absolute Gasteiger partial charge is 0.319 e. The first-order chi connectivity index (χ1) is 11.2. The molecule has 0 aromatic heterocycles. The van der Waals surface area contributed by atoms with Crippen LogP contribution < -0.4 is 15.4 Å². The van der Waals surface area contributed by atoms with Crippen LogP contribution in [0.1, 0.15) is 17.2 Å². The third-order valence-electron chi connectivity index (χ3n) is 3.62. The first-order valence-electron chi connectivity index (χ1n) is 7.42. The van der Waals surface area contributed by atoms with Crippen LogP contribution >= 0.6 is 0 Å². The maximum Gasteiger partial charge on any atom is 0.319 e. The summed E-state index contributed by atoms with van der Waals surface area (Å²) in [6.07, 6.45) is -0.195. The van der Waals surface area contributed by atoms with Crippen molar-refractivity contribution in [2.24, 2.45) is 0 Å². The van der Waals surface area contributed by atoms with E-state index in [1.807, 2.05) is 43.3 Å². The molecule has 0 aliphatic heterocycles. The van der Waals surface area contributed by atoms with Crippen LogP contribution in [-0.2, 0) is 4.74 Å². The number of rotatable bonds is 6. The summed E-state index contributed by atoms with van der Waals surface area (Å²) < 4.78 is 10.7. The molecule has 1 atom stereocenters. The molecule has 0 bridgehead atoms. The summed E-state index contributed by atoms with van der Waals surface area (Å²) in [5.74, 6) is 0.616. The molecule has 0 aliphatic carbocycles. The first kappa shape index (κ1) is 16.8. The Kier molecular flexibility index (Phi) is 6.00. The van der Waals surface area contributed by atoms with Crippen LogP contribution in [-0.4, -0.2) is 26.8 Å². The van der Waals surface area contributed by atoms with Crippen molar-refractivity contribution in [3.8, 4) is 5.75 Å². The Labute approximate surface area is 136 Å². The third-order valence-corrected chi connectivity index (χ3v) is 3.62. The minimum absolute atomic E-state index is 0.195. The van der Waals surface area contributed by atoms with E-state index in [1.165, 1.54) is 0 Å². The molecule has 2 rings (SSSR count). The second-order valence-electron chi connectivity index (χ2n) is 5.12. The Hall–Kier alpha value is -2.53. The summed E-state index contributed by atoms with van der Waals surface area (Å²) in [4.78, 5) is 12.1. The van der Waals surface area contributed by atoms with E-state index in [0.717, 1.165) is 11.1 Å². The summed E-state index contributed by atoms with van der Waals surface area (Å²) in [7, 11) is 3.20. The summed E-state index contributed by atoms with van der Waals surface area (Å²) in [5.41, 5.74) is 2.82. The molecule has 0 saturated carbocycles. The van der Waals surface area contributed by atoms with Crippen LogP contribution in [0.2, 0.25) is 0 Å². The van der Waals surface area contributed by atoms with Crippen LogP contribution in [0.5, 0.6) is 5.75 Å². The van der Waals surface area contributed by atoms with E-state index in [9.17, 15) is 4.79 Å². The quantitative estimate of drug-likeness (QED) is 0.858.